The first-order valence-electron chi connectivity index (χ1n) is 27.7. The Balaban J connectivity index is 1.13. The van der Waals surface area contributed by atoms with Gasteiger partial charge in [0, 0.05) is 27.5 Å². The Morgan fingerprint density at radius 2 is 0.716 bits per heavy atom. The Labute approximate surface area is 406 Å². The average Bonchev–Trinajstić information content (AvgIpc) is 3.19. The normalized spacial score (nSPS) is 13.8. The van der Waals surface area contributed by atoms with E-state index in [1.807, 2.05) is 140 Å². The summed E-state index contributed by atoms with van der Waals surface area (Å²) in [6.45, 7) is 0. The van der Waals surface area contributed by atoms with Crippen LogP contribution in [0.3, 0.4) is 0 Å². The highest BCUT2D eigenvalue weighted by Crippen LogP contribution is 2.40. The molecule has 0 bridgehead atoms. The van der Waals surface area contributed by atoms with E-state index in [1.54, 1.807) is 6.07 Å². The lowest BCUT2D eigenvalue weighted by Crippen LogP contribution is -2.04. The van der Waals surface area contributed by atoms with E-state index in [1.165, 1.54) is 4.57 Å². The number of benzene rings is 10. The van der Waals surface area contributed by atoms with Crippen molar-refractivity contribution in [1.82, 2.24) is 19.5 Å². The highest BCUT2D eigenvalue weighted by Gasteiger charge is 2.21. The fourth-order valence-corrected chi connectivity index (χ4v) is 8.47. The summed E-state index contributed by atoms with van der Waals surface area (Å²) in [5.41, 5.74) is 8.40. The zero-order valence-electron chi connectivity index (χ0n) is 47.6. The third-order valence-corrected chi connectivity index (χ3v) is 11.8. The van der Waals surface area contributed by atoms with Crippen molar-refractivity contribution in [2.45, 2.75) is 0 Å². The van der Waals surface area contributed by atoms with Crippen LogP contribution < -0.4 is 0 Å². The van der Waals surface area contributed by atoms with Crippen LogP contribution >= 0.6 is 0 Å². The molecule has 12 aromatic rings. The van der Waals surface area contributed by atoms with Crippen molar-refractivity contribution in [2.75, 3.05) is 0 Å². The first-order valence-corrected chi connectivity index (χ1v) is 21.7. The summed E-state index contributed by atoms with van der Waals surface area (Å²) in [7, 11) is 0. The van der Waals surface area contributed by atoms with Gasteiger partial charge in [-0.2, -0.15) is 0 Å². The van der Waals surface area contributed by atoms with Crippen LogP contribution in [-0.2, 0) is 0 Å². The van der Waals surface area contributed by atoms with Crippen molar-refractivity contribution in [3.8, 4) is 95.5 Å². The summed E-state index contributed by atoms with van der Waals surface area (Å²) in [6.07, 6.45) is 0. The molecule has 0 spiro atoms. The SMILES string of the molecule is [2H]c1c([2H])c([2H])c(-c2c([2H])c([2H])c3c(c2[2H])c2c([2H])c([2H])c([2H])c([2H])c2n3-c2ccc(-c3ccc(-c4ccc(-c5ccccc5)cc4)cc3)cc2-c2nc(-c3ccccc3)nc(-c3ccc(-c4ccccc4)cc3)n2)c([2H])c1[2H]. The van der Waals surface area contributed by atoms with Crippen LogP contribution in [0.4, 0.5) is 0 Å². The topological polar surface area (TPSA) is 43.6 Å². The lowest BCUT2D eigenvalue weighted by atomic mass is 9.97. The van der Waals surface area contributed by atoms with Crippen LogP contribution in [0.2, 0.25) is 0 Å². The predicted octanol–water partition coefficient (Wildman–Crippen LogP) is 16.3. The van der Waals surface area contributed by atoms with E-state index in [0.29, 0.717) is 33.9 Å². The number of rotatable bonds is 9. The minimum absolute atomic E-state index is 0.133. The highest BCUT2D eigenvalue weighted by molar-refractivity contribution is 6.11. The highest BCUT2D eigenvalue weighted by atomic mass is 15.1. The van der Waals surface area contributed by atoms with E-state index < -0.39 is 83.6 Å². The second-order valence-corrected chi connectivity index (χ2v) is 15.9. The zero-order valence-corrected chi connectivity index (χ0v) is 35.6. The molecular formula is C63H42N4. The fourth-order valence-electron chi connectivity index (χ4n) is 8.47. The molecule has 0 saturated heterocycles. The summed E-state index contributed by atoms with van der Waals surface area (Å²) in [4.78, 5) is 15.3. The van der Waals surface area contributed by atoms with Gasteiger partial charge in [-0.15, -0.1) is 0 Å². The molecule has 0 saturated carbocycles. The van der Waals surface area contributed by atoms with E-state index in [2.05, 4.69) is 36.4 Å². The summed E-state index contributed by atoms with van der Waals surface area (Å²) < 4.78 is 110. The van der Waals surface area contributed by atoms with E-state index >= 15 is 0 Å². The minimum Gasteiger partial charge on any atom is -0.309 e. The Kier molecular flexibility index (Phi) is 7.37. The van der Waals surface area contributed by atoms with Gasteiger partial charge >= 0.3 is 0 Å². The quantitative estimate of drug-likeness (QED) is 0.145. The van der Waals surface area contributed by atoms with Gasteiger partial charge in [0.25, 0.3) is 0 Å². The van der Waals surface area contributed by atoms with Crippen molar-refractivity contribution in [3.05, 3.63) is 255 Å². The number of hydrogen-bond acceptors (Lipinski definition) is 3. The molecule has 0 radical (unpaired) electrons. The first kappa shape index (κ1) is 28.7. The molecule has 314 valence electrons. The predicted molar refractivity (Wildman–Crippen MR) is 278 cm³/mol. The van der Waals surface area contributed by atoms with Crippen molar-refractivity contribution >= 4 is 21.8 Å². The van der Waals surface area contributed by atoms with Crippen LogP contribution in [0.15, 0.2) is 255 Å². The van der Waals surface area contributed by atoms with Crippen LogP contribution in [0.25, 0.3) is 117 Å². The molecule has 10 aromatic carbocycles. The number of para-hydroxylation sites is 1. The molecule has 2 aromatic heterocycles. The van der Waals surface area contributed by atoms with Crippen molar-refractivity contribution in [3.63, 3.8) is 0 Å². The van der Waals surface area contributed by atoms with E-state index in [9.17, 15) is 6.85 Å². The molecule has 67 heavy (non-hydrogen) atoms. The number of nitrogens with zero attached hydrogens (tertiary/aromatic N) is 4. The molecule has 0 aliphatic heterocycles. The lowest BCUT2D eigenvalue weighted by Gasteiger charge is -2.17. The maximum Gasteiger partial charge on any atom is 0.166 e. The third kappa shape index (κ3) is 7.67. The maximum atomic E-state index is 9.82. The molecule has 4 heteroatoms. The van der Waals surface area contributed by atoms with Gasteiger partial charge in [0.15, 0.2) is 17.5 Å². The monoisotopic (exact) mass is 866 g/mol. The molecule has 0 unspecified atom stereocenters. The molecule has 12 rings (SSSR count). The first-order chi connectivity index (χ1) is 38.2. The van der Waals surface area contributed by atoms with Gasteiger partial charge in [-0.05, 0) is 85.9 Å². The Bertz CT molecular complexity index is 4370. The minimum atomic E-state index is -0.707. The second kappa shape index (κ2) is 17.2. The molecule has 0 atom stereocenters. The summed E-state index contributed by atoms with van der Waals surface area (Å²) >= 11 is 0. The van der Waals surface area contributed by atoms with Crippen molar-refractivity contribution in [1.29, 1.82) is 0 Å². The molecule has 0 fully saturated rings. The molecule has 0 amide bonds. The molecular weight excluding hydrogens is 813 g/mol. The van der Waals surface area contributed by atoms with Gasteiger partial charge in [0.2, 0.25) is 0 Å². The molecule has 0 N–H and O–H groups in total. The van der Waals surface area contributed by atoms with E-state index in [-0.39, 0.29) is 33.3 Å². The van der Waals surface area contributed by atoms with E-state index in [4.69, 9.17) is 24.5 Å². The number of aromatic nitrogens is 4. The Morgan fingerprint density at radius 1 is 0.299 bits per heavy atom. The molecule has 0 aliphatic carbocycles. The third-order valence-electron chi connectivity index (χ3n) is 11.8. The molecule has 2 heterocycles. The number of fused-ring (bicyclic) bond motifs is 3. The van der Waals surface area contributed by atoms with Crippen molar-refractivity contribution < 1.29 is 16.4 Å². The van der Waals surface area contributed by atoms with Gasteiger partial charge in [-0.25, -0.2) is 15.0 Å². The fraction of sp³-hybridized carbons (Fsp3) is 0. The van der Waals surface area contributed by atoms with Crippen molar-refractivity contribution in [2.24, 2.45) is 0 Å². The second-order valence-electron chi connectivity index (χ2n) is 15.9. The molecule has 4 nitrogen and oxygen atoms in total. The Hall–Kier alpha value is -8.99. The van der Waals surface area contributed by atoms with Gasteiger partial charge < -0.3 is 4.57 Å². The largest absolute Gasteiger partial charge is 0.309 e. The summed E-state index contributed by atoms with van der Waals surface area (Å²) in [5.74, 6) is 0.790. The Morgan fingerprint density at radius 3 is 1.28 bits per heavy atom. The van der Waals surface area contributed by atoms with Gasteiger partial charge in [0.1, 0.15) is 0 Å². The molecule has 0 aliphatic rings. The van der Waals surface area contributed by atoms with Crippen LogP contribution in [0.1, 0.15) is 16.4 Å². The van der Waals surface area contributed by atoms with Gasteiger partial charge in [-0.3, -0.25) is 0 Å². The van der Waals surface area contributed by atoms with Crippen LogP contribution in [0.5, 0.6) is 0 Å². The van der Waals surface area contributed by atoms with Crippen LogP contribution in [0, 0.1) is 0 Å². The lowest BCUT2D eigenvalue weighted by molar-refractivity contribution is 1.06. The van der Waals surface area contributed by atoms with Gasteiger partial charge in [0.05, 0.1) is 33.2 Å². The smallest absolute Gasteiger partial charge is 0.166 e. The standard InChI is InChI=1S/C63H42N4/c1-5-15-43(16-6-1)46-25-27-48(28-26-46)49-29-31-50(32-30-49)54-38-40-60(67-58-24-14-13-23-55(58)56-41-53(37-39-59(56)67)45-19-9-3-10-20-45)57(42-54)63-65-61(51-21-11-4-12-22-51)64-62(66-63)52-35-33-47(34-36-52)44-17-7-2-8-18-44/h1-42H/i3D,9D,10D,13D,14D,19D,20D,23D,24D,37D,39D,41D. The van der Waals surface area contributed by atoms with Crippen LogP contribution in [-0.4, -0.2) is 19.5 Å². The summed E-state index contributed by atoms with van der Waals surface area (Å²) in [6, 6.07) is 51.6. The van der Waals surface area contributed by atoms with E-state index in [0.717, 1.165) is 38.9 Å². The zero-order chi connectivity index (χ0) is 55.0. The summed E-state index contributed by atoms with van der Waals surface area (Å²) in [5, 5.41) is -0.359. The number of hydrogen-bond donors (Lipinski definition) is 0. The average molecular weight is 867 g/mol. The maximum absolute atomic E-state index is 9.82. The van der Waals surface area contributed by atoms with Gasteiger partial charge in [-0.1, -0.05) is 224 Å².